The molecule has 1 aromatic carbocycles. The molecule has 2 heteroatoms. The first-order valence-electron chi connectivity index (χ1n) is 5.81. The summed E-state index contributed by atoms with van der Waals surface area (Å²) in [6.07, 6.45) is 1.62. The molecule has 0 atom stereocenters. The van der Waals surface area contributed by atoms with E-state index >= 15 is 0 Å². The van der Waals surface area contributed by atoms with E-state index in [0.29, 0.717) is 12.3 Å². The molecule has 0 N–H and O–H groups in total. The van der Waals surface area contributed by atoms with Gasteiger partial charge in [0.25, 0.3) is 0 Å². The standard InChI is InChI=1S/C14H21NO/c1-11(2)5-10-14(16)12-6-8-13(9-7-12)15(3)4/h6-9,11H,5,10H2,1-4H3. The van der Waals surface area contributed by atoms with Gasteiger partial charge in [-0.3, -0.25) is 4.79 Å². The molecular weight excluding hydrogens is 198 g/mol. The Morgan fingerprint density at radius 3 is 2.19 bits per heavy atom. The van der Waals surface area contributed by atoms with E-state index in [4.69, 9.17) is 0 Å². The maximum Gasteiger partial charge on any atom is 0.162 e. The Labute approximate surface area is 98.3 Å². The van der Waals surface area contributed by atoms with Gasteiger partial charge in [0.05, 0.1) is 0 Å². The molecule has 0 bridgehead atoms. The Bertz CT molecular complexity index is 338. The van der Waals surface area contributed by atoms with Crippen LogP contribution >= 0.6 is 0 Å². The molecule has 0 amide bonds. The fourth-order valence-corrected chi connectivity index (χ4v) is 1.51. The highest BCUT2D eigenvalue weighted by Crippen LogP contribution is 2.15. The van der Waals surface area contributed by atoms with Crippen LogP contribution in [-0.4, -0.2) is 19.9 Å². The lowest BCUT2D eigenvalue weighted by Crippen LogP contribution is -2.09. The van der Waals surface area contributed by atoms with Crippen molar-refractivity contribution in [3.63, 3.8) is 0 Å². The zero-order chi connectivity index (χ0) is 12.1. The fourth-order valence-electron chi connectivity index (χ4n) is 1.51. The summed E-state index contributed by atoms with van der Waals surface area (Å²) in [7, 11) is 3.99. The van der Waals surface area contributed by atoms with Crippen LogP contribution in [0.5, 0.6) is 0 Å². The molecular formula is C14H21NO. The molecule has 0 aliphatic rings. The maximum atomic E-state index is 11.8. The largest absolute Gasteiger partial charge is 0.378 e. The predicted molar refractivity (Wildman–Crippen MR) is 69.2 cm³/mol. The molecule has 0 heterocycles. The normalized spacial score (nSPS) is 10.6. The van der Waals surface area contributed by atoms with Crippen LogP contribution in [0.4, 0.5) is 5.69 Å². The summed E-state index contributed by atoms with van der Waals surface area (Å²) < 4.78 is 0. The zero-order valence-corrected chi connectivity index (χ0v) is 10.7. The van der Waals surface area contributed by atoms with Crippen LogP contribution in [-0.2, 0) is 0 Å². The quantitative estimate of drug-likeness (QED) is 0.708. The number of anilines is 1. The lowest BCUT2D eigenvalue weighted by molar-refractivity contribution is 0.0975. The van der Waals surface area contributed by atoms with Crippen molar-refractivity contribution in [3.05, 3.63) is 29.8 Å². The van der Waals surface area contributed by atoms with Gasteiger partial charge < -0.3 is 4.90 Å². The van der Waals surface area contributed by atoms with Crippen LogP contribution in [0.15, 0.2) is 24.3 Å². The van der Waals surface area contributed by atoms with Crippen molar-refractivity contribution in [1.29, 1.82) is 0 Å². The van der Waals surface area contributed by atoms with Gasteiger partial charge in [-0.25, -0.2) is 0 Å². The second-order valence-electron chi connectivity index (χ2n) is 4.80. The molecule has 0 unspecified atom stereocenters. The van der Waals surface area contributed by atoms with Crippen molar-refractivity contribution in [2.45, 2.75) is 26.7 Å². The molecule has 1 rings (SSSR count). The van der Waals surface area contributed by atoms with E-state index < -0.39 is 0 Å². The third-order valence-electron chi connectivity index (χ3n) is 2.65. The van der Waals surface area contributed by atoms with E-state index in [1.807, 2.05) is 43.3 Å². The van der Waals surface area contributed by atoms with Crippen molar-refractivity contribution in [1.82, 2.24) is 0 Å². The molecule has 1 aromatic rings. The molecule has 0 radical (unpaired) electrons. The molecule has 2 nitrogen and oxygen atoms in total. The first kappa shape index (κ1) is 12.8. The van der Waals surface area contributed by atoms with Crippen molar-refractivity contribution >= 4 is 11.5 Å². The van der Waals surface area contributed by atoms with Crippen molar-refractivity contribution in [2.24, 2.45) is 5.92 Å². The summed E-state index contributed by atoms with van der Waals surface area (Å²) in [6, 6.07) is 7.81. The summed E-state index contributed by atoms with van der Waals surface area (Å²) >= 11 is 0. The number of Topliss-reactive ketones (excluding diaryl/α,β-unsaturated/α-hetero) is 1. The first-order chi connectivity index (χ1) is 7.50. The van der Waals surface area contributed by atoms with Gasteiger partial charge in [-0.2, -0.15) is 0 Å². The van der Waals surface area contributed by atoms with Gasteiger partial charge in [0, 0.05) is 31.8 Å². The second-order valence-corrected chi connectivity index (χ2v) is 4.80. The Kier molecular flexibility index (Phi) is 4.53. The number of carbonyl (C=O) groups excluding carboxylic acids is 1. The Morgan fingerprint density at radius 2 is 1.75 bits per heavy atom. The van der Waals surface area contributed by atoms with Gasteiger partial charge in [-0.05, 0) is 36.6 Å². The minimum absolute atomic E-state index is 0.249. The van der Waals surface area contributed by atoms with E-state index in [1.54, 1.807) is 0 Å². The topological polar surface area (TPSA) is 20.3 Å². The monoisotopic (exact) mass is 219 g/mol. The molecule has 0 fully saturated rings. The van der Waals surface area contributed by atoms with Crippen molar-refractivity contribution in [2.75, 3.05) is 19.0 Å². The summed E-state index contributed by atoms with van der Waals surface area (Å²) in [5, 5.41) is 0. The summed E-state index contributed by atoms with van der Waals surface area (Å²) in [4.78, 5) is 13.8. The highest BCUT2D eigenvalue weighted by atomic mass is 16.1. The highest BCUT2D eigenvalue weighted by Gasteiger charge is 2.07. The number of hydrogen-bond donors (Lipinski definition) is 0. The van der Waals surface area contributed by atoms with Gasteiger partial charge in [-0.15, -0.1) is 0 Å². The van der Waals surface area contributed by atoms with Crippen LogP contribution in [0.1, 0.15) is 37.0 Å². The van der Waals surface area contributed by atoms with Crippen LogP contribution in [0, 0.1) is 5.92 Å². The van der Waals surface area contributed by atoms with Crippen molar-refractivity contribution in [3.8, 4) is 0 Å². The van der Waals surface area contributed by atoms with Crippen LogP contribution in [0.2, 0.25) is 0 Å². The Morgan fingerprint density at radius 1 is 1.19 bits per heavy atom. The van der Waals surface area contributed by atoms with Gasteiger partial charge >= 0.3 is 0 Å². The summed E-state index contributed by atoms with van der Waals surface area (Å²) in [5.74, 6) is 0.837. The van der Waals surface area contributed by atoms with E-state index in [1.165, 1.54) is 0 Å². The number of benzene rings is 1. The third kappa shape index (κ3) is 3.69. The number of nitrogens with zero attached hydrogens (tertiary/aromatic N) is 1. The van der Waals surface area contributed by atoms with Crippen LogP contribution in [0.3, 0.4) is 0 Å². The predicted octanol–water partition coefficient (Wildman–Crippen LogP) is 3.37. The van der Waals surface area contributed by atoms with Crippen molar-refractivity contribution < 1.29 is 4.79 Å². The lowest BCUT2D eigenvalue weighted by atomic mass is 10.0. The number of rotatable bonds is 5. The molecule has 88 valence electrons. The minimum Gasteiger partial charge on any atom is -0.378 e. The molecule has 0 saturated heterocycles. The minimum atomic E-state index is 0.249. The third-order valence-corrected chi connectivity index (χ3v) is 2.65. The number of hydrogen-bond acceptors (Lipinski definition) is 2. The summed E-state index contributed by atoms with van der Waals surface area (Å²) in [6.45, 7) is 4.28. The highest BCUT2D eigenvalue weighted by molar-refractivity contribution is 5.96. The number of ketones is 1. The van der Waals surface area contributed by atoms with Gasteiger partial charge in [-0.1, -0.05) is 13.8 Å². The van der Waals surface area contributed by atoms with E-state index in [-0.39, 0.29) is 5.78 Å². The smallest absolute Gasteiger partial charge is 0.162 e. The van der Waals surface area contributed by atoms with Gasteiger partial charge in [0.15, 0.2) is 5.78 Å². The van der Waals surface area contributed by atoms with Crippen LogP contribution < -0.4 is 4.90 Å². The van der Waals surface area contributed by atoms with E-state index in [0.717, 1.165) is 17.7 Å². The average molecular weight is 219 g/mol. The number of carbonyl (C=O) groups is 1. The Hall–Kier alpha value is -1.31. The van der Waals surface area contributed by atoms with Gasteiger partial charge in [0.1, 0.15) is 0 Å². The Balaban J connectivity index is 2.63. The fraction of sp³-hybridized carbons (Fsp3) is 0.500. The molecule has 0 aliphatic heterocycles. The van der Waals surface area contributed by atoms with E-state index in [2.05, 4.69) is 13.8 Å². The van der Waals surface area contributed by atoms with Gasteiger partial charge in [0.2, 0.25) is 0 Å². The van der Waals surface area contributed by atoms with E-state index in [9.17, 15) is 4.79 Å². The maximum absolute atomic E-state index is 11.8. The summed E-state index contributed by atoms with van der Waals surface area (Å²) in [5.41, 5.74) is 1.95. The first-order valence-corrected chi connectivity index (χ1v) is 5.81. The SMILES string of the molecule is CC(C)CCC(=O)c1ccc(N(C)C)cc1. The molecule has 0 spiro atoms. The molecule has 0 aliphatic carbocycles. The molecule has 0 aromatic heterocycles. The van der Waals surface area contributed by atoms with Crippen LogP contribution in [0.25, 0.3) is 0 Å². The second kappa shape index (κ2) is 5.69. The lowest BCUT2D eigenvalue weighted by Gasteiger charge is -2.12. The molecule has 0 saturated carbocycles. The molecule has 16 heavy (non-hydrogen) atoms. The average Bonchev–Trinajstić information content (AvgIpc) is 2.26. The zero-order valence-electron chi connectivity index (χ0n) is 10.7.